The summed E-state index contributed by atoms with van der Waals surface area (Å²) in [5.41, 5.74) is 1.69. The highest BCUT2D eigenvalue weighted by Crippen LogP contribution is 2.45. The Morgan fingerprint density at radius 2 is 1.73 bits per heavy atom. The standard InChI is InChI=1S/C19H20FNO/c1-21(14-15-8-10-17(20)11-9-15)18(22)19(12-5-13-19)16-6-3-2-4-7-16/h2-4,6-11H,5,12-14H2,1H3. The second kappa shape index (κ2) is 5.91. The quantitative estimate of drug-likeness (QED) is 0.838. The minimum Gasteiger partial charge on any atom is -0.341 e. The van der Waals surface area contributed by atoms with E-state index >= 15 is 0 Å². The van der Waals surface area contributed by atoms with Crippen molar-refractivity contribution >= 4 is 5.91 Å². The average Bonchev–Trinajstić information content (AvgIpc) is 2.49. The molecule has 3 rings (SSSR count). The van der Waals surface area contributed by atoms with Crippen molar-refractivity contribution in [3.63, 3.8) is 0 Å². The number of nitrogens with zero attached hydrogens (tertiary/aromatic N) is 1. The number of amides is 1. The lowest BCUT2D eigenvalue weighted by Crippen LogP contribution is -2.49. The predicted molar refractivity (Wildman–Crippen MR) is 84.8 cm³/mol. The molecule has 0 aromatic heterocycles. The lowest BCUT2D eigenvalue weighted by molar-refractivity contribution is -0.140. The summed E-state index contributed by atoms with van der Waals surface area (Å²) in [7, 11) is 1.83. The molecule has 2 aromatic rings. The number of halogens is 1. The van der Waals surface area contributed by atoms with Crippen LogP contribution in [-0.2, 0) is 16.8 Å². The number of rotatable bonds is 4. The van der Waals surface area contributed by atoms with Gasteiger partial charge in [0.05, 0.1) is 5.41 Å². The number of hydrogen-bond donors (Lipinski definition) is 0. The van der Waals surface area contributed by atoms with Crippen molar-refractivity contribution < 1.29 is 9.18 Å². The highest BCUT2D eigenvalue weighted by atomic mass is 19.1. The molecule has 1 aliphatic rings. The van der Waals surface area contributed by atoms with Crippen LogP contribution in [0.25, 0.3) is 0 Å². The van der Waals surface area contributed by atoms with Gasteiger partial charge in [-0.05, 0) is 36.1 Å². The van der Waals surface area contributed by atoms with Crippen LogP contribution in [0.1, 0.15) is 30.4 Å². The third-order valence-corrected chi connectivity index (χ3v) is 4.62. The molecule has 2 nitrogen and oxygen atoms in total. The van der Waals surface area contributed by atoms with Crippen LogP contribution in [0.3, 0.4) is 0 Å². The molecule has 114 valence electrons. The van der Waals surface area contributed by atoms with Gasteiger partial charge in [-0.15, -0.1) is 0 Å². The molecule has 1 saturated carbocycles. The topological polar surface area (TPSA) is 20.3 Å². The SMILES string of the molecule is CN(Cc1ccc(F)cc1)C(=O)C1(c2ccccc2)CCC1. The molecule has 0 heterocycles. The van der Waals surface area contributed by atoms with Crippen molar-refractivity contribution in [2.45, 2.75) is 31.2 Å². The van der Waals surface area contributed by atoms with E-state index < -0.39 is 0 Å². The first-order chi connectivity index (χ1) is 10.6. The number of carbonyl (C=O) groups is 1. The zero-order valence-corrected chi connectivity index (χ0v) is 12.8. The van der Waals surface area contributed by atoms with Crippen LogP contribution in [-0.4, -0.2) is 17.9 Å². The molecule has 0 bridgehead atoms. The minimum atomic E-state index is -0.365. The van der Waals surface area contributed by atoms with Gasteiger partial charge in [-0.25, -0.2) is 4.39 Å². The van der Waals surface area contributed by atoms with Crippen molar-refractivity contribution in [3.05, 3.63) is 71.5 Å². The second-order valence-electron chi connectivity index (χ2n) is 6.09. The Kier molecular flexibility index (Phi) is 3.97. The van der Waals surface area contributed by atoms with E-state index in [1.807, 2.05) is 37.4 Å². The van der Waals surface area contributed by atoms with Crippen LogP contribution in [0.15, 0.2) is 54.6 Å². The van der Waals surface area contributed by atoms with Crippen molar-refractivity contribution in [3.8, 4) is 0 Å². The van der Waals surface area contributed by atoms with Crippen LogP contribution < -0.4 is 0 Å². The van der Waals surface area contributed by atoms with Gasteiger partial charge in [-0.1, -0.05) is 48.9 Å². The minimum absolute atomic E-state index is 0.161. The van der Waals surface area contributed by atoms with Gasteiger partial charge >= 0.3 is 0 Å². The Balaban J connectivity index is 1.78. The van der Waals surface area contributed by atoms with Crippen molar-refractivity contribution in [1.82, 2.24) is 4.90 Å². The van der Waals surface area contributed by atoms with Gasteiger partial charge in [0.1, 0.15) is 5.82 Å². The molecule has 1 aliphatic carbocycles. The summed E-state index contributed by atoms with van der Waals surface area (Å²) in [6.07, 6.45) is 2.90. The second-order valence-corrected chi connectivity index (χ2v) is 6.09. The highest BCUT2D eigenvalue weighted by Gasteiger charge is 2.46. The molecule has 3 heteroatoms. The average molecular weight is 297 g/mol. The van der Waals surface area contributed by atoms with E-state index in [0.29, 0.717) is 6.54 Å². The normalized spacial score (nSPS) is 15.9. The van der Waals surface area contributed by atoms with Gasteiger partial charge in [0.25, 0.3) is 0 Å². The molecule has 0 atom stereocenters. The number of carbonyl (C=O) groups excluding carboxylic acids is 1. The fraction of sp³-hybridized carbons (Fsp3) is 0.316. The first kappa shape index (κ1) is 14.8. The fourth-order valence-electron chi connectivity index (χ4n) is 3.21. The van der Waals surface area contributed by atoms with Crippen LogP contribution in [0.2, 0.25) is 0 Å². The molecule has 22 heavy (non-hydrogen) atoms. The van der Waals surface area contributed by atoms with E-state index in [-0.39, 0.29) is 17.1 Å². The zero-order chi connectivity index (χ0) is 15.6. The van der Waals surface area contributed by atoms with E-state index in [1.54, 1.807) is 17.0 Å². The molecular formula is C19H20FNO. The molecule has 0 saturated heterocycles. The summed E-state index contributed by atoms with van der Waals surface area (Å²) in [6.45, 7) is 0.508. The van der Waals surface area contributed by atoms with Gasteiger partial charge in [0, 0.05) is 13.6 Å². The summed E-state index contributed by atoms with van der Waals surface area (Å²) >= 11 is 0. The number of benzene rings is 2. The molecule has 0 spiro atoms. The van der Waals surface area contributed by atoms with Gasteiger partial charge in [-0.3, -0.25) is 4.79 Å². The summed E-state index contributed by atoms with van der Waals surface area (Å²) < 4.78 is 13.0. The van der Waals surface area contributed by atoms with Crippen molar-refractivity contribution in [1.29, 1.82) is 0 Å². The molecular weight excluding hydrogens is 277 g/mol. The van der Waals surface area contributed by atoms with E-state index in [1.165, 1.54) is 12.1 Å². The smallest absolute Gasteiger partial charge is 0.233 e. The van der Waals surface area contributed by atoms with E-state index in [9.17, 15) is 9.18 Å². The molecule has 0 unspecified atom stereocenters. The predicted octanol–water partition coefficient (Wildman–Crippen LogP) is 3.91. The Morgan fingerprint density at radius 1 is 1.09 bits per heavy atom. The lowest BCUT2D eigenvalue weighted by Gasteiger charge is -2.43. The Bertz CT molecular complexity index is 647. The van der Waals surface area contributed by atoms with Gasteiger partial charge in [0.2, 0.25) is 5.91 Å². The van der Waals surface area contributed by atoms with Crippen LogP contribution in [0, 0.1) is 5.82 Å². The first-order valence-corrected chi connectivity index (χ1v) is 7.67. The molecule has 0 N–H and O–H groups in total. The van der Waals surface area contributed by atoms with E-state index in [0.717, 1.165) is 30.4 Å². The Labute approximate surface area is 130 Å². The Hall–Kier alpha value is -2.16. The maximum Gasteiger partial charge on any atom is 0.233 e. The fourth-order valence-corrected chi connectivity index (χ4v) is 3.21. The van der Waals surface area contributed by atoms with E-state index in [2.05, 4.69) is 0 Å². The monoisotopic (exact) mass is 297 g/mol. The third kappa shape index (κ3) is 2.63. The highest BCUT2D eigenvalue weighted by molar-refractivity contribution is 5.89. The first-order valence-electron chi connectivity index (χ1n) is 7.67. The molecule has 0 radical (unpaired) electrons. The zero-order valence-electron chi connectivity index (χ0n) is 12.8. The van der Waals surface area contributed by atoms with Crippen molar-refractivity contribution in [2.75, 3.05) is 7.05 Å². The van der Waals surface area contributed by atoms with Crippen LogP contribution in [0.4, 0.5) is 4.39 Å². The number of likely N-dealkylation sites (N-methyl/N-ethyl adjacent to an activating group) is 1. The lowest BCUT2D eigenvalue weighted by atomic mass is 9.63. The maximum atomic E-state index is 13.0. The molecule has 2 aromatic carbocycles. The summed E-state index contributed by atoms with van der Waals surface area (Å²) in [6, 6.07) is 16.4. The number of hydrogen-bond acceptors (Lipinski definition) is 1. The summed E-state index contributed by atoms with van der Waals surface area (Å²) in [5, 5.41) is 0. The summed E-state index contributed by atoms with van der Waals surface area (Å²) in [5.74, 6) is -0.0910. The summed E-state index contributed by atoms with van der Waals surface area (Å²) in [4.78, 5) is 14.7. The van der Waals surface area contributed by atoms with Gasteiger partial charge < -0.3 is 4.90 Å². The Morgan fingerprint density at radius 3 is 2.27 bits per heavy atom. The van der Waals surface area contributed by atoms with E-state index in [4.69, 9.17) is 0 Å². The molecule has 1 fully saturated rings. The van der Waals surface area contributed by atoms with Crippen LogP contribution >= 0.6 is 0 Å². The third-order valence-electron chi connectivity index (χ3n) is 4.62. The van der Waals surface area contributed by atoms with Gasteiger partial charge in [-0.2, -0.15) is 0 Å². The molecule has 0 aliphatic heterocycles. The largest absolute Gasteiger partial charge is 0.341 e. The van der Waals surface area contributed by atoms with Gasteiger partial charge in [0.15, 0.2) is 0 Å². The van der Waals surface area contributed by atoms with Crippen LogP contribution in [0.5, 0.6) is 0 Å². The molecule has 1 amide bonds. The van der Waals surface area contributed by atoms with Crippen molar-refractivity contribution in [2.24, 2.45) is 0 Å². The maximum absolute atomic E-state index is 13.0.